The number of rotatable bonds is 16. The van der Waals surface area contributed by atoms with Crippen molar-refractivity contribution in [1.29, 1.82) is 0 Å². The van der Waals surface area contributed by atoms with Crippen molar-refractivity contribution in [1.82, 2.24) is 9.80 Å². The number of unbranched alkanes of at least 4 members (excludes halogenated alkanes) is 6. The number of carbonyl (C=O) groups is 1. The Kier molecular flexibility index (Phi) is 14.8. The molecule has 1 unspecified atom stereocenters. The van der Waals surface area contributed by atoms with Crippen molar-refractivity contribution >= 4 is 17.3 Å². The molecular formula is C43H65F5N2O4S. The molecule has 6 nitrogen and oxygen atoms in total. The summed E-state index contributed by atoms with van der Waals surface area (Å²) in [5, 5.41) is 11.1. The third-order valence-electron chi connectivity index (χ3n) is 14.4. The van der Waals surface area contributed by atoms with Gasteiger partial charge in [-0.1, -0.05) is 62.7 Å². The molecule has 2 saturated heterocycles. The van der Waals surface area contributed by atoms with E-state index in [-0.39, 0.29) is 23.4 Å². The molecule has 0 bridgehead atoms. The van der Waals surface area contributed by atoms with Gasteiger partial charge in [0.1, 0.15) is 17.3 Å². The predicted octanol–water partition coefficient (Wildman–Crippen LogP) is 10.4. The SMILES string of the molecule is C[C@]12CC[C@@H]3c4ccc(OC(=O)N5CCC(N6CCCCC6)CC5)cc4C[C@@H](CCCCCCCCC[S+]([O-])CCCC(F)(F)C(F)(F)F)[C@H]3[C@@H]1CC[C@@H]2O. The van der Waals surface area contributed by atoms with Crippen molar-refractivity contribution in [2.24, 2.45) is 23.2 Å². The quantitative estimate of drug-likeness (QED) is 0.102. The number of aliphatic hydroxyl groups excluding tert-OH is 1. The lowest BCUT2D eigenvalue weighted by Gasteiger charge is -2.53. The number of amides is 1. The summed E-state index contributed by atoms with van der Waals surface area (Å²) in [6.07, 6.45) is 11.3. The van der Waals surface area contributed by atoms with E-state index < -0.39 is 36.1 Å². The minimum absolute atomic E-state index is 0.0222. The van der Waals surface area contributed by atoms with Gasteiger partial charge in [0.15, 0.2) is 0 Å². The third-order valence-corrected chi connectivity index (χ3v) is 15.9. The summed E-state index contributed by atoms with van der Waals surface area (Å²) in [7, 11) is 0. The van der Waals surface area contributed by atoms with Crippen LogP contribution in [0.4, 0.5) is 26.7 Å². The first-order valence-electron chi connectivity index (χ1n) is 21.6. The largest absolute Gasteiger partial charge is 0.616 e. The lowest BCUT2D eigenvalue weighted by atomic mass is 9.52. The first-order chi connectivity index (χ1) is 26.3. The highest BCUT2D eigenvalue weighted by atomic mass is 32.2. The maximum atomic E-state index is 13.3. The van der Waals surface area contributed by atoms with Crippen molar-refractivity contribution in [2.75, 3.05) is 37.7 Å². The summed E-state index contributed by atoms with van der Waals surface area (Å²) in [6, 6.07) is 6.94. The topological polar surface area (TPSA) is 76.1 Å². The minimum atomic E-state index is -5.55. The molecule has 2 saturated carbocycles. The first kappa shape index (κ1) is 43.0. The molecule has 1 aromatic rings. The number of alkyl halides is 5. The molecule has 0 aromatic heterocycles. The molecule has 1 amide bonds. The van der Waals surface area contributed by atoms with E-state index in [0.29, 0.717) is 47.6 Å². The van der Waals surface area contributed by atoms with Crippen LogP contribution in [-0.2, 0) is 17.6 Å². The normalized spacial score (nSPS) is 29.7. The van der Waals surface area contributed by atoms with E-state index in [0.717, 1.165) is 103 Å². The standard InChI is InChI=1S/C43H65F5N2O4S/c1-41-22-18-36-35-15-14-34(54-40(52)50-25-19-33(20-26-50)49-23-9-7-10-24-49)30-32(35)29-31(39(36)37(41)16-17-38(41)51)13-8-5-3-2-4-6-11-27-55(53)28-12-21-42(44,45)43(46,47)48/h14-15,30-31,33,36-39,51H,2-13,16-29H2,1H3/t31-,36-,37+,38+,39-,41+,55?/m1/s1. The van der Waals surface area contributed by atoms with E-state index in [9.17, 15) is 36.4 Å². The molecule has 1 N–H and O–H groups in total. The number of aliphatic hydroxyl groups is 1. The highest BCUT2D eigenvalue weighted by molar-refractivity contribution is 7.91. The maximum absolute atomic E-state index is 13.3. The second-order valence-corrected chi connectivity index (χ2v) is 19.5. The number of benzene rings is 1. The Morgan fingerprint density at radius 1 is 0.891 bits per heavy atom. The van der Waals surface area contributed by atoms with Crippen molar-refractivity contribution in [3.63, 3.8) is 0 Å². The van der Waals surface area contributed by atoms with Crippen LogP contribution in [0.25, 0.3) is 0 Å². The van der Waals surface area contributed by atoms with Crippen LogP contribution < -0.4 is 4.74 Å². The number of ether oxygens (including phenoxy) is 1. The van der Waals surface area contributed by atoms with Crippen molar-refractivity contribution in [3.05, 3.63) is 29.3 Å². The summed E-state index contributed by atoms with van der Waals surface area (Å²) in [4.78, 5) is 17.8. The molecule has 2 heterocycles. The molecular weight excluding hydrogens is 736 g/mol. The van der Waals surface area contributed by atoms with Crippen LogP contribution in [-0.4, -0.2) is 87.5 Å². The molecule has 0 radical (unpaired) electrons. The van der Waals surface area contributed by atoms with Crippen molar-refractivity contribution in [2.45, 2.75) is 166 Å². The zero-order valence-corrected chi connectivity index (χ0v) is 33.8. The van der Waals surface area contributed by atoms with E-state index in [1.54, 1.807) is 0 Å². The Labute approximate surface area is 328 Å². The van der Waals surface area contributed by atoms with Gasteiger partial charge in [0.25, 0.3) is 0 Å². The van der Waals surface area contributed by atoms with Gasteiger partial charge in [0.2, 0.25) is 0 Å². The molecule has 3 aliphatic carbocycles. The van der Waals surface area contributed by atoms with Crippen LogP contribution in [0, 0.1) is 23.2 Å². The van der Waals surface area contributed by atoms with E-state index in [1.165, 1.54) is 43.5 Å². The Morgan fingerprint density at radius 3 is 2.27 bits per heavy atom. The number of carbonyl (C=O) groups excluding carboxylic acids is 1. The van der Waals surface area contributed by atoms with Gasteiger partial charge in [-0.2, -0.15) is 22.0 Å². The fourth-order valence-electron chi connectivity index (χ4n) is 11.2. The molecule has 12 heteroatoms. The lowest BCUT2D eigenvalue weighted by Crippen LogP contribution is -2.48. The number of nitrogens with zero attached hydrogens (tertiary/aromatic N) is 2. The average Bonchev–Trinajstić information content (AvgIpc) is 3.47. The Balaban J connectivity index is 0.959. The Hall–Kier alpha value is -1.63. The smallest absolute Gasteiger partial charge is 0.453 e. The highest BCUT2D eigenvalue weighted by Gasteiger charge is 2.57. The molecule has 4 fully saturated rings. The van der Waals surface area contributed by atoms with Crippen molar-refractivity contribution < 1.29 is 41.1 Å². The third kappa shape index (κ3) is 10.5. The monoisotopic (exact) mass is 800 g/mol. The zero-order valence-electron chi connectivity index (χ0n) is 32.9. The maximum Gasteiger partial charge on any atom is 0.453 e. The van der Waals surface area contributed by atoms with Gasteiger partial charge in [-0.25, -0.2) is 4.79 Å². The van der Waals surface area contributed by atoms with Gasteiger partial charge in [0, 0.05) is 25.6 Å². The molecule has 55 heavy (non-hydrogen) atoms. The van der Waals surface area contributed by atoms with Gasteiger partial charge in [0.05, 0.1) is 6.10 Å². The van der Waals surface area contributed by atoms with Crippen LogP contribution in [0.1, 0.15) is 146 Å². The first-order valence-corrected chi connectivity index (χ1v) is 23.1. The fourth-order valence-corrected chi connectivity index (χ4v) is 12.4. The number of hydrogen-bond donors (Lipinski definition) is 1. The Bertz CT molecular complexity index is 1390. The van der Waals surface area contributed by atoms with Crippen LogP contribution in [0.5, 0.6) is 5.75 Å². The second-order valence-electron chi connectivity index (χ2n) is 17.9. The van der Waals surface area contributed by atoms with Gasteiger partial charge in [-0.15, -0.1) is 0 Å². The minimum Gasteiger partial charge on any atom is -0.616 e. The van der Waals surface area contributed by atoms with Gasteiger partial charge >= 0.3 is 18.2 Å². The lowest BCUT2D eigenvalue weighted by molar-refractivity contribution is -0.284. The summed E-state index contributed by atoms with van der Waals surface area (Å²) in [5.74, 6) is -1.84. The number of piperidine rings is 2. The summed E-state index contributed by atoms with van der Waals surface area (Å²) in [5.41, 5.74) is 2.70. The number of halogens is 5. The fraction of sp³-hybridized carbons (Fsp3) is 0.837. The number of hydrogen-bond acceptors (Lipinski definition) is 5. The number of likely N-dealkylation sites (tertiary alicyclic amines) is 2. The predicted molar refractivity (Wildman–Crippen MR) is 207 cm³/mol. The molecule has 6 rings (SSSR count). The van der Waals surface area contributed by atoms with Crippen LogP contribution in [0.3, 0.4) is 0 Å². The Morgan fingerprint density at radius 2 is 1.56 bits per heavy atom. The van der Waals surface area contributed by atoms with Gasteiger partial charge in [-0.3, -0.25) is 0 Å². The molecule has 7 atom stereocenters. The summed E-state index contributed by atoms with van der Waals surface area (Å²) < 4.78 is 81.3. The van der Waals surface area contributed by atoms with Crippen LogP contribution >= 0.6 is 0 Å². The van der Waals surface area contributed by atoms with E-state index >= 15 is 0 Å². The van der Waals surface area contributed by atoms with E-state index in [1.807, 2.05) is 11.0 Å². The molecule has 0 spiro atoms. The zero-order chi connectivity index (χ0) is 39.2. The van der Waals surface area contributed by atoms with Crippen molar-refractivity contribution in [3.8, 4) is 5.75 Å². The molecule has 1 aromatic carbocycles. The molecule has 312 valence electrons. The van der Waals surface area contributed by atoms with Crippen LogP contribution in [0.2, 0.25) is 0 Å². The summed E-state index contributed by atoms with van der Waals surface area (Å²) >= 11 is -1.37. The number of fused-ring (bicyclic) bond motifs is 5. The van der Waals surface area contributed by atoms with E-state index in [2.05, 4.69) is 24.0 Å². The summed E-state index contributed by atoms with van der Waals surface area (Å²) in [6.45, 7) is 6.17. The highest BCUT2D eigenvalue weighted by Crippen LogP contribution is 2.63. The average molecular weight is 801 g/mol. The van der Waals surface area contributed by atoms with Gasteiger partial charge < -0.3 is 24.2 Å². The molecule has 2 aliphatic heterocycles. The molecule has 5 aliphatic rings. The van der Waals surface area contributed by atoms with Gasteiger partial charge in [-0.05, 0) is 149 Å². The van der Waals surface area contributed by atoms with E-state index in [4.69, 9.17) is 4.74 Å². The van der Waals surface area contributed by atoms with Crippen LogP contribution in [0.15, 0.2) is 18.2 Å². The second kappa shape index (κ2) is 19.0.